The van der Waals surface area contributed by atoms with Crippen molar-refractivity contribution >= 4 is 34.1 Å². The van der Waals surface area contributed by atoms with Crippen LogP contribution in [-0.4, -0.2) is 20.9 Å². The first-order valence-electron chi connectivity index (χ1n) is 7.93. The smallest absolute Gasteiger partial charge is 0.321 e. The second kappa shape index (κ2) is 7.05. The molecule has 2 aromatic carbocycles. The number of benzene rings is 2. The summed E-state index contributed by atoms with van der Waals surface area (Å²) in [4.78, 5) is 23.3. The lowest BCUT2D eigenvalue weighted by atomic mass is 10.2. The summed E-state index contributed by atoms with van der Waals surface area (Å²) < 4.78 is 18.9. The van der Waals surface area contributed by atoms with Crippen molar-refractivity contribution in [3.8, 4) is 11.8 Å². The van der Waals surface area contributed by atoms with Crippen molar-refractivity contribution in [2.24, 2.45) is 0 Å². The second-order valence-corrected chi connectivity index (χ2v) is 5.99. The number of hydrogen-bond donors (Lipinski definition) is 2. The van der Waals surface area contributed by atoms with Gasteiger partial charge in [0.2, 0.25) is 0 Å². The largest absolute Gasteiger partial charge is 0.424 e. The van der Waals surface area contributed by atoms with Gasteiger partial charge in [-0.1, -0.05) is 11.6 Å². The number of aromatic amines is 1. The predicted octanol–water partition coefficient (Wildman–Crippen LogP) is 4.80. The monoisotopic (exact) mass is 382 g/mol. The van der Waals surface area contributed by atoms with E-state index in [-0.39, 0.29) is 16.7 Å². The van der Waals surface area contributed by atoms with E-state index in [9.17, 15) is 9.18 Å². The summed E-state index contributed by atoms with van der Waals surface area (Å²) in [5, 5.41) is 3.35. The molecule has 2 aromatic heterocycles. The Kier molecular flexibility index (Phi) is 4.43. The van der Waals surface area contributed by atoms with Crippen LogP contribution in [0.5, 0.6) is 11.8 Å². The number of amides is 1. The molecule has 134 valence electrons. The first-order valence-corrected chi connectivity index (χ1v) is 8.31. The van der Waals surface area contributed by atoms with E-state index in [4.69, 9.17) is 16.3 Å². The van der Waals surface area contributed by atoms with E-state index in [0.29, 0.717) is 22.3 Å². The summed E-state index contributed by atoms with van der Waals surface area (Å²) in [6.07, 6.45) is 3.15. The van der Waals surface area contributed by atoms with E-state index >= 15 is 0 Å². The SMILES string of the molecule is O=C(Nc1ccc(Oc2ncccn2)cc1)c1[nH]c2ccc(F)cc2c1Cl. The van der Waals surface area contributed by atoms with Crippen molar-refractivity contribution in [1.29, 1.82) is 0 Å². The molecule has 0 aliphatic rings. The Labute approximate surface area is 158 Å². The fourth-order valence-corrected chi connectivity index (χ4v) is 2.82. The van der Waals surface area contributed by atoms with Crippen LogP contribution >= 0.6 is 11.6 Å². The second-order valence-electron chi connectivity index (χ2n) is 5.62. The molecular formula is C19H12ClFN4O2. The van der Waals surface area contributed by atoms with Crippen molar-refractivity contribution in [3.63, 3.8) is 0 Å². The van der Waals surface area contributed by atoms with E-state index < -0.39 is 11.7 Å². The van der Waals surface area contributed by atoms with Gasteiger partial charge in [0.05, 0.1) is 5.02 Å². The molecule has 0 radical (unpaired) electrons. The third kappa shape index (κ3) is 3.58. The van der Waals surface area contributed by atoms with Crippen LogP contribution in [0.25, 0.3) is 10.9 Å². The van der Waals surface area contributed by atoms with Gasteiger partial charge in [0.25, 0.3) is 5.91 Å². The predicted molar refractivity (Wildman–Crippen MR) is 99.8 cm³/mol. The Balaban J connectivity index is 1.50. The van der Waals surface area contributed by atoms with Crippen LogP contribution in [0.15, 0.2) is 60.9 Å². The quantitative estimate of drug-likeness (QED) is 0.531. The summed E-state index contributed by atoms with van der Waals surface area (Å²) in [5.41, 5.74) is 1.29. The summed E-state index contributed by atoms with van der Waals surface area (Å²) in [5.74, 6) is -0.330. The Hall–Kier alpha value is -3.45. The number of carbonyl (C=O) groups is 1. The third-order valence-electron chi connectivity index (χ3n) is 3.79. The minimum absolute atomic E-state index is 0.162. The van der Waals surface area contributed by atoms with Crippen molar-refractivity contribution in [1.82, 2.24) is 15.0 Å². The van der Waals surface area contributed by atoms with Gasteiger partial charge in [-0.3, -0.25) is 4.79 Å². The highest BCUT2D eigenvalue weighted by molar-refractivity contribution is 6.39. The number of ether oxygens (including phenoxy) is 1. The first kappa shape index (κ1) is 17.0. The fourth-order valence-electron chi connectivity index (χ4n) is 2.53. The number of carbonyl (C=O) groups excluding carboxylic acids is 1. The van der Waals surface area contributed by atoms with E-state index in [2.05, 4.69) is 20.3 Å². The van der Waals surface area contributed by atoms with Gasteiger partial charge in [0.1, 0.15) is 17.3 Å². The molecule has 0 aliphatic heterocycles. The van der Waals surface area contributed by atoms with Crippen molar-refractivity contribution < 1.29 is 13.9 Å². The van der Waals surface area contributed by atoms with E-state index in [0.717, 1.165) is 0 Å². The molecule has 0 bridgehead atoms. The molecule has 0 saturated carbocycles. The molecule has 4 rings (SSSR count). The molecule has 1 amide bonds. The molecular weight excluding hydrogens is 371 g/mol. The molecule has 6 nitrogen and oxygen atoms in total. The van der Waals surface area contributed by atoms with Gasteiger partial charge in [0.15, 0.2) is 0 Å². The number of H-pyrrole nitrogens is 1. The fraction of sp³-hybridized carbons (Fsp3) is 0. The molecule has 2 N–H and O–H groups in total. The van der Waals surface area contributed by atoms with Gasteiger partial charge in [-0.25, -0.2) is 14.4 Å². The van der Waals surface area contributed by atoms with Crippen molar-refractivity contribution in [3.05, 3.63) is 77.5 Å². The first-order chi connectivity index (χ1) is 13.1. The zero-order valence-corrected chi connectivity index (χ0v) is 14.5. The highest BCUT2D eigenvalue weighted by Crippen LogP contribution is 2.29. The molecule has 2 heterocycles. The van der Waals surface area contributed by atoms with E-state index in [1.807, 2.05) is 0 Å². The normalized spacial score (nSPS) is 10.7. The average Bonchev–Trinajstić information content (AvgIpc) is 3.00. The van der Waals surface area contributed by atoms with Gasteiger partial charge in [-0.2, -0.15) is 0 Å². The zero-order chi connectivity index (χ0) is 18.8. The minimum Gasteiger partial charge on any atom is -0.424 e. The highest BCUT2D eigenvalue weighted by atomic mass is 35.5. The number of anilines is 1. The minimum atomic E-state index is -0.434. The van der Waals surface area contributed by atoms with Gasteiger partial charge >= 0.3 is 6.01 Å². The molecule has 0 spiro atoms. The molecule has 0 aliphatic carbocycles. The van der Waals surface area contributed by atoms with Crippen molar-refractivity contribution in [2.75, 3.05) is 5.32 Å². The van der Waals surface area contributed by atoms with Crippen LogP contribution in [0.2, 0.25) is 5.02 Å². The maximum absolute atomic E-state index is 13.4. The van der Waals surface area contributed by atoms with Crippen LogP contribution in [0.3, 0.4) is 0 Å². The number of halogens is 2. The van der Waals surface area contributed by atoms with Gasteiger partial charge < -0.3 is 15.0 Å². The lowest BCUT2D eigenvalue weighted by Gasteiger charge is -2.06. The summed E-state index contributed by atoms with van der Waals surface area (Å²) in [6.45, 7) is 0. The topological polar surface area (TPSA) is 79.9 Å². The van der Waals surface area contributed by atoms with E-state index in [1.165, 1.54) is 18.2 Å². The highest BCUT2D eigenvalue weighted by Gasteiger charge is 2.17. The Bertz CT molecular complexity index is 1110. The van der Waals surface area contributed by atoms with Crippen LogP contribution in [0.1, 0.15) is 10.5 Å². The summed E-state index contributed by atoms with van der Waals surface area (Å²) in [6, 6.07) is 12.7. The molecule has 0 unspecified atom stereocenters. The van der Waals surface area contributed by atoms with Crippen LogP contribution in [-0.2, 0) is 0 Å². The molecule has 4 aromatic rings. The molecule has 27 heavy (non-hydrogen) atoms. The Morgan fingerprint density at radius 3 is 2.59 bits per heavy atom. The maximum atomic E-state index is 13.4. The summed E-state index contributed by atoms with van der Waals surface area (Å²) in [7, 11) is 0. The summed E-state index contributed by atoms with van der Waals surface area (Å²) >= 11 is 6.21. The van der Waals surface area contributed by atoms with Crippen LogP contribution in [0.4, 0.5) is 10.1 Å². The number of rotatable bonds is 4. The van der Waals surface area contributed by atoms with Gasteiger partial charge in [-0.15, -0.1) is 0 Å². The number of fused-ring (bicyclic) bond motifs is 1. The van der Waals surface area contributed by atoms with Crippen molar-refractivity contribution in [2.45, 2.75) is 0 Å². The van der Waals surface area contributed by atoms with Crippen LogP contribution < -0.4 is 10.1 Å². The average molecular weight is 383 g/mol. The molecule has 8 heteroatoms. The number of nitrogens with one attached hydrogen (secondary N) is 2. The Morgan fingerprint density at radius 1 is 1.11 bits per heavy atom. The Morgan fingerprint density at radius 2 is 1.85 bits per heavy atom. The molecule has 0 saturated heterocycles. The van der Waals surface area contributed by atoms with Gasteiger partial charge in [-0.05, 0) is 48.5 Å². The zero-order valence-electron chi connectivity index (χ0n) is 13.7. The van der Waals surface area contributed by atoms with Gasteiger partial charge in [0, 0.05) is 29.0 Å². The third-order valence-corrected chi connectivity index (χ3v) is 4.18. The lowest BCUT2D eigenvalue weighted by Crippen LogP contribution is -2.12. The molecule has 0 atom stereocenters. The number of hydrogen-bond acceptors (Lipinski definition) is 4. The van der Waals surface area contributed by atoms with E-state index in [1.54, 1.807) is 42.7 Å². The standard InChI is InChI=1S/C19H12ClFN4O2/c20-16-14-10-11(21)2-7-15(14)25-17(16)18(26)24-12-3-5-13(6-4-12)27-19-22-8-1-9-23-19/h1-10,25H,(H,24,26). The number of nitrogens with zero attached hydrogens (tertiary/aromatic N) is 2. The molecule has 0 fully saturated rings. The lowest BCUT2D eigenvalue weighted by molar-refractivity contribution is 0.102. The van der Waals surface area contributed by atoms with Crippen LogP contribution in [0, 0.1) is 5.82 Å². The maximum Gasteiger partial charge on any atom is 0.321 e. The number of aromatic nitrogens is 3.